The lowest BCUT2D eigenvalue weighted by Gasteiger charge is -2.25. The van der Waals surface area contributed by atoms with E-state index in [0.29, 0.717) is 0 Å². The number of halogens is 1. The van der Waals surface area contributed by atoms with Gasteiger partial charge >= 0.3 is 5.97 Å². The molecule has 0 fully saturated rings. The van der Waals surface area contributed by atoms with Gasteiger partial charge in [-0.2, -0.15) is 0 Å². The van der Waals surface area contributed by atoms with Crippen LogP contribution >= 0.6 is 25.4 Å². The molecule has 0 aliphatic carbocycles. The van der Waals surface area contributed by atoms with Crippen molar-refractivity contribution < 1.29 is 9.32 Å². The molecule has 0 aromatic heterocycles. The number of hydrogen-bond acceptors (Lipinski definition) is 2. The van der Waals surface area contributed by atoms with E-state index >= 15 is 0 Å². The summed E-state index contributed by atoms with van der Waals surface area (Å²) in [7, 11) is 2.04. The van der Waals surface area contributed by atoms with Crippen molar-refractivity contribution in [1.29, 1.82) is 0 Å². The van der Waals surface area contributed by atoms with Crippen molar-refractivity contribution in [2.45, 2.75) is 43.4 Å². The number of unbranched alkanes of at least 4 members (excludes halogenated alkanes) is 3. The first-order chi connectivity index (χ1) is 8.65. The van der Waals surface area contributed by atoms with Gasteiger partial charge in [-0.05, 0) is 12.0 Å². The fourth-order valence-electron chi connectivity index (χ4n) is 1.96. The molecule has 2 nitrogen and oxygen atoms in total. The third-order valence-corrected chi connectivity index (χ3v) is 4.43. The maximum atomic E-state index is 12.0. The number of alkyl halides is 1. The molecule has 0 aliphatic rings. The van der Waals surface area contributed by atoms with Gasteiger partial charge in [-0.15, -0.1) is 0 Å². The molecular weight excluding hydrogens is 311 g/mol. The number of carbonyl (C=O) groups is 1. The van der Waals surface area contributed by atoms with E-state index in [9.17, 15) is 4.79 Å². The van der Waals surface area contributed by atoms with Crippen molar-refractivity contribution in [3.63, 3.8) is 0 Å². The van der Waals surface area contributed by atoms with Crippen molar-refractivity contribution in [2.75, 3.05) is 0 Å². The summed E-state index contributed by atoms with van der Waals surface area (Å²) >= 11 is 3.58. The molecule has 4 heteroatoms. The van der Waals surface area contributed by atoms with Crippen LogP contribution in [0.25, 0.3) is 0 Å². The molecule has 0 N–H and O–H groups in total. The molecule has 1 aromatic carbocycles. The molecule has 0 bridgehead atoms. The maximum absolute atomic E-state index is 12.0. The lowest BCUT2D eigenvalue weighted by Crippen LogP contribution is -2.29. The fraction of sp³-hybridized carbons (Fsp3) is 0.500. The molecule has 1 rings (SSSR count). The van der Waals surface area contributed by atoms with Crippen LogP contribution in [-0.4, -0.2) is 5.97 Å². The Morgan fingerprint density at radius 3 is 2.50 bits per heavy atom. The van der Waals surface area contributed by atoms with Gasteiger partial charge in [0, 0.05) is 0 Å². The highest BCUT2D eigenvalue weighted by atomic mass is 79.9. The molecule has 0 heterocycles. The van der Waals surface area contributed by atoms with Crippen molar-refractivity contribution in [3.05, 3.63) is 35.9 Å². The predicted molar refractivity (Wildman–Crippen MR) is 81.6 cm³/mol. The zero-order chi connectivity index (χ0) is 13.4. The topological polar surface area (TPSA) is 26.3 Å². The van der Waals surface area contributed by atoms with E-state index in [1.54, 1.807) is 0 Å². The summed E-state index contributed by atoms with van der Waals surface area (Å²) in [4.78, 5) is 12.0. The zero-order valence-corrected chi connectivity index (χ0v) is 13.4. The Balaban J connectivity index is 2.79. The molecule has 2 atom stereocenters. The minimum Gasteiger partial charge on any atom is -0.450 e. The molecule has 2 unspecified atom stereocenters. The average molecular weight is 331 g/mol. The second-order valence-electron chi connectivity index (χ2n) is 4.38. The molecule has 0 spiro atoms. The summed E-state index contributed by atoms with van der Waals surface area (Å²) in [5.74, 6) is -0.254. The number of benzene rings is 1. The van der Waals surface area contributed by atoms with Gasteiger partial charge in [-0.1, -0.05) is 78.9 Å². The third-order valence-electron chi connectivity index (χ3n) is 3.04. The molecule has 0 saturated carbocycles. The highest BCUT2D eigenvalue weighted by Gasteiger charge is 2.37. The van der Waals surface area contributed by atoms with Crippen molar-refractivity contribution in [3.8, 4) is 0 Å². The lowest BCUT2D eigenvalue weighted by molar-refractivity contribution is -0.136. The van der Waals surface area contributed by atoms with Crippen LogP contribution in [0.15, 0.2) is 30.3 Å². The van der Waals surface area contributed by atoms with Gasteiger partial charge in [0.1, 0.15) is 4.32 Å². The van der Waals surface area contributed by atoms with Crippen LogP contribution in [0.3, 0.4) is 0 Å². The molecule has 100 valence electrons. The Labute approximate surface area is 120 Å². The third kappa shape index (κ3) is 4.07. The molecule has 0 saturated heterocycles. The highest BCUT2D eigenvalue weighted by Crippen LogP contribution is 2.38. The summed E-state index contributed by atoms with van der Waals surface area (Å²) in [5.41, 5.74) is 0.953. The number of carbonyl (C=O) groups excluding carboxylic acids is 1. The smallest absolute Gasteiger partial charge is 0.329 e. The maximum Gasteiger partial charge on any atom is 0.329 e. The van der Waals surface area contributed by atoms with E-state index in [2.05, 4.69) is 22.9 Å². The minimum absolute atomic E-state index is 0.254. The lowest BCUT2D eigenvalue weighted by atomic mass is 9.93. The van der Waals surface area contributed by atoms with Crippen molar-refractivity contribution in [1.82, 2.24) is 0 Å². The van der Waals surface area contributed by atoms with Gasteiger partial charge in [0.25, 0.3) is 0 Å². The molecule has 0 aliphatic heterocycles. The first-order valence-corrected chi connectivity index (χ1v) is 7.57. The molecule has 18 heavy (non-hydrogen) atoms. The van der Waals surface area contributed by atoms with Gasteiger partial charge in [0.15, 0.2) is 0 Å². The molecule has 0 radical (unpaired) electrons. The quantitative estimate of drug-likeness (QED) is 0.415. The minimum atomic E-state index is -0.719. The molecular formula is C14H20BrO2P. The van der Waals surface area contributed by atoms with E-state index in [0.717, 1.165) is 24.8 Å². The summed E-state index contributed by atoms with van der Waals surface area (Å²) in [6.45, 7) is 2.18. The zero-order valence-electron chi connectivity index (χ0n) is 10.7. The van der Waals surface area contributed by atoms with Crippen LogP contribution in [-0.2, 0) is 13.6 Å². The fourth-order valence-corrected chi connectivity index (χ4v) is 2.97. The summed E-state index contributed by atoms with van der Waals surface area (Å²) in [6.07, 6.45) is 5.29. The average Bonchev–Trinajstić information content (AvgIpc) is 2.43. The van der Waals surface area contributed by atoms with E-state index in [4.69, 9.17) is 4.52 Å². The van der Waals surface area contributed by atoms with Gasteiger partial charge in [0.05, 0.1) is 9.47 Å². The van der Waals surface area contributed by atoms with Crippen LogP contribution in [0, 0.1) is 0 Å². The van der Waals surface area contributed by atoms with Crippen molar-refractivity contribution >= 4 is 31.4 Å². The second-order valence-corrected chi connectivity index (χ2v) is 5.97. The Kier molecular flexibility index (Phi) is 6.88. The van der Waals surface area contributed by atoms with Gasteiger partial charge < -0.3 is 4.52 Å². The van der Waals surface area contributed by atoms with E-state index in [1.807, 2.05) is 39.8 Å². The Hall–Kier alpha value is -0.400. The normalized spacial score (nSPS) is 13.9. The Morgan fingerprint density at radius 1 is 1.28 bits per heavy atom. The summed E-state index contributed by atoms with van der Waals surface area (Å²) < 4.78 is 4.14. The van der Waals surface area contributed by atoms with Crippen molar-refractivity contribution in [2.24, 2.45) is 0 Å². The van der Waals surface area contributed by atoms with E-state index in [1.165, 1.54) is 12.8 Å². The standard InChI is InChI=1S/C14H20BrO2P/c1-2-3-4-8-11-14(15,13(16)17-18)12-9-6-5-7-10-12/h5-7,9-10H,2-4,8,11,18H2,1H3. The van der Waals surface area contributed by atoms with Crippen LogP contribution in [0.2, 0.25) is 0 Å². The number of rotatable bonds is 7. The second kappa shape index (κ2) is 7.91. The monoisotopic (exact) mass is 330 g/mol. The van der Waals surface area contributed by atoms with E-state index in [-0.39, 0.29) is 5.97 Å². The summed E-state index contributed by atoms with van der Waals surface area (Å²) in [5, 5.41) is 0. The van der Waals surface area contributed by atoms with Gasteiger partial charge in [0.2, 0.25) is 0 Å². The first-order valence-electron chi connectivity index (χ1n) is 6.30. The SMILES string of the molecule is CCCCCCC(Br)(C(=O)OP)c1ccccc1. The Bertz CT molecular complexity index is 369. The number of hydrogen-bond donors (Lipinski definition) is 0. The van der Waals surface area contributed by atoms with Gasteiger partial charge in [-0.25, -0.2) is 4.79 Å². The highest BCUT2D eigenvalue weighted by molar-refractivity contribution is 9.10. The van der Waals surface area contributed by atoms with Crippen LogP contribution in [0.4, 0.5) is 0 Å². The first kappa shape index (κ1) is 15.7. The molecule has 0 amide bonds. The van der Waals surface area contributed by atoms with E-state index < -0.39 is 4.32 Å². The molecule has 1 aromatic rings. The van der Waals surface area contributed by atoms with Crippen LogP contribution < -0.4 is 0 Å². The van der Waals surface area contributed by atoms with Crippen LogP contribution in [0.1, 0.15) is 44.6 Å². The predicted octanol–water partition coefficient (Wildman–Crippen LogP) is 4.58. The summed E-state index contributed by atoms with van der Waals surface area (Å²) in [6, 6.07) is 9.73. The Morgan fingerprint density at radius 2 is 1.94 bits per heavy atom. The van der Waals surface area contributed by atoms with Gasteiger partial charge in [-0.3, -0.25) is 0 Å². The van der Waals surface area contributed by atoms with Crippen LogP contribution in [0.5, 0.6) is 0 Å². The largest absolute Gasteiger partial charge is 0.450 e.